The highest BCUT2D eigenvalue weighted by Gasteiger charge is 2.17. The molecule has 0 unspecified atom stereocenters. The first-order valence-electron chi connectivity index (χ1n) is 6.13. The smallest absolute Gasteiger partial charge is 0.222 e. The van der Waals surface area contributed by atoms with E-state index in [2.05, 4.69) is 9.97 Å². The van der Waals surface area contributed by atoms with Crippen molar-refractivity contribution in [2.75, 3.05) is 18.1 Å². The maximum absolute atomic E-state index is 9.25. The Balaban J connectivity index is 2.74. The molecule has 0 saturated heterocycles. The standard InChI is InChI=1S/C14H15N5O/c1-3-20-11-5-4-8(2)6-9(11)12-10(7-15)13(16)19-14(17)18-12/h4-6H,3H2,1-2H3,(H4,16,17,18,19). The summed E-state index contributed by atoms with van der Waals surface area (Å²) in [6, 6.07) is 7.66. The van der Waals surface area contributed by atoms with Crippen LogP contribution < -0.4 is 16.2 Å². The molecule has 1 aromatic carbocycles. The zero-order chi connectivity index (χ0) is 14.7. The number of rotatable bonds is 3. The monoisotopic (exact) mass is 269 g/mol. The van der Waals surface area contributed by atoms with Gasteiger partial charge in [-0.1, -0.05) is 11.6 Å². The molecular formula is C14H15N5O. The number of benzene rings is 1. The van der Waals surface area contributed by atoms with Gasteiger partial charge in [0.2, 0.25) is 5.95 Å². The number of nitrogens with two attached hydrogens (primary N) is 2. The van der Waals surface area contributed by atoms with Gasteiger partial charge in [0.15, 0.2) is 0 Å². The molecule has 0 aliphatic heterocycles. The van der Waals surface area contributed by atoms with E-state index in [1.54, 1.807) is 0 Å². The van der Waals surface area contributed by atoms with Gasteiger partial charge in [-0.05, 0) is 26.0 Å². The Morgan fingerprint density at radius 1 is 1.30 bits per heavy atom. The molecule has 1 aromatic heterocycles. The number of anilines is 2. The molecule has 2 aromatic rings. The largest absolute Gasteiger partial charge is 0.493 e. The molecule has 0 aliphatic rings. The SMILES string of the molecule is CCOc1ccc(C)cc1-c1nc(N)nc(N)c1C#N. The van der Waals surface area contributed by atoms with E-state index in [9.17, 15) is 5.26 Å². The summed E-state index contributed by atoms with van der Waals surface area (Å²) in [5.41, 5.74) is 13.7. The Morgan fingerprint density at radius 3 is 2.70 bits per heavy atom. The lowest BCUT2D eigenvalue weighted by Crippen LogP contribution is -2.06. The van der Waals surface area contributed by atoms with Crippen LogP contribution in [0.3, 0.4) is 0 Å². The zero-order valence-electron chi connectivity index (χ0n) is 11.3. The molecule has 0 radical (unpaired) electrons. The van der Waals surface area contributed by atoms with Crippen molar-refractivity contribution in [3.8, 4) is 23.1 Å². The van der Waals surface area contributed by atoms with Crippen LogP contribution >= 0.6 is 0 Å². The van der Waals surface area contributed by atoms with Crippen LogP contribution in [0, 0.1) is 18.3 Å². The summed E-state index contributed by atoms with van der Waals surface area (Å²) >= 11 is 0. The summed E-state index contributed by atoms with van der Waals surface area (Å²) in [5.74, 6) is 0.728. The van der Waals surface area contributed by atoms with Crippen LogP contribution in [0.1, 0.15) is 18.1 Å². The van der Waals surface area contributed by atoms with Gasteiger partial charge >= 0.3 is 0 Å². The van der Waals surface area contributed by atoms with Crippen molar-refractivity contribution in [3.63, 3.8) is 0 Å². The van der Waals surface area contributed by atoms with Gasteiger partial charge in [0.05, 0.1) is 12.3 Å². The van der Waals surface area contributed by atoms with E-state index < -0.39 is 0 Å². The van der Waals surface area contributed by atoms with Gasteiger partial charge in [-0.25, -0.2) is 4.98 Å². The fourth-order valence-electron chi connectivity index (χ4n) is 1.91. The van der Waals surface area contributed by atoms with Gasteiger partial charge in [0, 0.05) is 5.56 Å². The predicted octanol–water partition coefficient (Wildman–Crippen LogP) is 1.89. The van der Waals surface area contributed by atoms with E-state index in [-0.39, 0.29) is 17.3 Å². The minimum absolute atomic E-state index is 0.0282. The Kier molecular flexibility index (Phi) is 3.71. The minimum atomic E-state index is 0.0282. The highest BCUT2D eigenvalue weighted by atomic mass is 16.5. The van der Waals surface area contributed by atoms with Gasteiger partial charge in [0.1, 0.15) is 23.2 Å². The van der Waals surface area contributed by atoms with E-state index in [1.165, 1.54) is 0 Å². The summed E-state index contributed by atoms with van der Waals surface area (Å²) < 4.78 is 5.57. The van der Waals surface area contributed by atoms with E-state index in [0.717, 1.165) is 5.56 Å². The van der Waals surface area contributed by atoms with E-state index in [0.29, 0.717) is 23.6 Å². The maximum Gasteiger partial charge on any atom is 0.222 e. The van der Waals surface area contributed by atoms with Crippen molar-refractivity contribution in [2.24, 2.45) is 0 Å². The van der Waals surface area contributed by atoms with Gasteiger partial charge < -0.3 is 16.2 Å². The highest BCUT2D eigenvalue weighted by molar-refractivity contribution is 5.77. The molecule has 0 amide bonds. The molecule has 0 fully saturated rings. The molecule has 0 bridgehead atoms. The quantitative estimate of drug-likeness (QED) is 0.880. The fourth-order valence-corrected chi connectivity index (χ4v) is 1.91. The van der Waals surface area contributed by atoms with Gasteiger partial charge in [-0.3, -0.25) is 0 Å². The number of hydrogen-bond acceptors (Lipinski definition) is 6. The third-order valence-corrected chi connectivity index (χ3v) is 2.76. The molecule has 20 heavy (non-hydrogen) atoms. The zero-order valence-corrected chi connectivity index (χ0v) is 11.3. The molecule has 0 atom stereocenters. The van der Waals surface area contributed by atoms with E-state index in [1.807, 2.05) is 38.1 Å². The van der Waals surface area contributed by atoms with Crippen LogP contribution in [0.25, 0.3) is 11.3 Å². The summed E-state index contributed by atoms with van der Waals surface area (Å²) in [7, 11) is 0. The summed E-state index contributed by atoms with van der Waals surface area (Å²) in [5, 5.41) is 9.25. The topological polar surface area (TPSA) is 111 Å². The Morgan fingerprint density at radius 2 is 2.05 bits per heavy atom. The Labute approximate surface area is 117 Å². The van der Waals surface area contributed by atoms with Crippen molar-refractivity contribution in [2.45, 2.75) is 13.8 Å². The second-order valence-electron chi connectivity index (χ2n) is 4.24. The number of nitrogen functional groups attached to an aromatic ring is 2. The molecular weight excluding hydrogens is 254 g/mol. The number of ether oxygens (including phenoxy) is 1. The number of aryl methyl sites for hydroxylation is 1. The van der Waals surface area contributed by atoms with Crippen LogP contribution in [0.5, 0.6) is 5.75 Å². The van der Waals surface area contributed by atoms with Crippen LogP contribution in [-0.2, 0) is 0 Å². The molecule has 1 heterocycles. The molecule has 6 nitrogen and oxygen atoms in total. The molecule has 0 spiro atoms. The first-order chi connectivity index (χ1) is 9.56. The van der Waals surface area contributed by atoms with Crippen molar-refractivity contribution in [1.82, 2.24) is 9.97 Å². The van der Waals surface area contributed by atoms with Crippen molar-refractivity contribution >= 4 is 11.8 Å². The van der Waals surface area contributed by atoms with Gasteiger partial charge in [-0.2, -0.15) is 10.2 Å². The molecule has 4 N–H and O–H groups in total. The molecule has 0 saturated carbocycles. The van der Waals surface area contributed by atoms with Gasteiger partial charge in [0.25, 0.3) is 0 Å². The van der Waals surface area contributed by atoms with Gasteiger partial charge in [-0.15, -0.1) is 0 Å². The Hall–Kier alpha value is -2.81. The lowest BCUT2D eigenvalue weighted by molar-refractivity contribution is 0.341. The lowest BCUT2D eigenvalue weighted by Gasteiger charge is -2.12. The number of nitrogens with zero attached hydrogens (tertiary/aromatic N) is 3. The predicted molar refractivity (Wildman–Crippen MR) is 76.9 cm³/mol. The molecule has 6 heteroatoms. The molecule has 0 aliphatic carbocycles. The van der Waals surface area contributed by atoms with E-state index >= 15 is 0 Å². The third kappa shape index (κ3) is 2.47. The maximum atomic E-state index is 9.25. The number of nitriles is 1. The fraction of sp³-hybridized carbons (Fsp3) is 0.214. The second kappa shape index (κ2) is 5.45. The normalized spacial score (nSPS) is 10.1. The van der Waals surface area contributed by atoms with Crippen molar-refractivity contribution < 1.29 is 4.74 Å². The molecule has 102 valence electrons. The first-order valence-corrected chi connectivity index (χ1v) is 6.13. The minimum Gasteiger partial charge on any atom is -0.493 e. The van der Waals surface area contributed by atoms with Crippen molar-refractivity contribution in [3.05, 3.63) is 29.3 Å². The van der Waals surface area contributed by atoms with Crippen LogP contribution in [0.2, 0.25) is 0 Å². The third-order valence-electron chi connectivity index (χ3n) is 2.76. The summed E-state index contributed by atoms with van der Waals surface area (Å²) in [4.78, 5) is 7.95. The van der Waals surface area contributed by atoms with Crippen molar-refractivity contribution in [1.29, 1.82) is 5.26 Å². The van der Waals surface area contributed by atoms with Crippen LogP contribution in [0.15, 0.2) is 18.2 Å². The van der Waals surface area contributed by atoms with E-state index in [4.69, 9.17) is 16.2 Å². The number of aromatic nitrogens is 2. The summed E-state index contributed by atoms with van der Waals surface area (Å²) in [6.45, 7) is 4.34. The van der Waals surface area contributed by atoms with Crippen LogP contribution in [0.4, 0.5) is 11.8 Å². The molecule has 2 rings (SSSR count). The van der Waals surface area contributed by atoms with Crippen LogP contribution in [-0.4, -0.2) is 16.6 Å². The number of hydrogen-bond donors (Lipinski definition) is 2. The average molecular weight is 269 g/mol. The summed E-state index contributed by atoms with van der Waals surface area (Å²) in [6.07, 6.45) is 0. The Bertz CT molecular complexity index is 691. The second-order valence-corrected chi connectivity index (χ2v) is 4.24. The first kappa shape index (κ1) is 13.6. The highest BCUT2D eigenvalue weighted by Crippen LogP contribution is 2.33. The lowest BCUT2D eigenvalue weighted by atomic mass is 10.0. The average Bonchev–Trinajstić information content (AvgIpc) is 2.40.